The monoisotopic (exact) mass is 204 g/mol. The Hall–Kier alpha value is -0.220. The second-order valence-electron chi connectivity index (χ2n) is 3.43. The predicted octanol–water partition coefficient (Wildman–Crippen LogP) is 0.909. The smallest absolute Gasteiger partial charge is 0.311 e. The van der Waals surface area contributed by atoms with Crippen molar-refractivity contribution < 1.29 is 14.6 Å². The second kappa shape index (κ2) is 4.86. The van der Waals surface area contributed by atoms with Gasteiger partial charge >= 0.3 is 5.97 Å². The highest BCUT2D eigenvalue weighted by Crippen LogP contribution is 2.29. The lowest BCUT2D eigenvalue weighted by atomic mass is 9.92. The number of carbonyl (C=O) groups is 1. The van der Waals surface area contributed by atoms with Crippen LogP contribution in [-0.4, -0.2) is 35.8 Å². The summed E-state index contributed by atoms with van der Waals surface area (Å²) in [6, 6.07) is 0. The Morgan fingerprint density at radius 1 is 1.69 bits per heavy atom. The van der Waals surface area contributed by atoms with Gasteiger partial charge in [-0.25, -0.2) is 0 Å². The van der Waals surface area contributed by atoms with Gasteiger partial charge in [-0.15, -0.1) is 0 Å². The minimum absolute atomic E-state index is 0.263. The molecule has 1 rings (SSSR count). The van der Waals surface area contributed by atoms with E-state index in [-0.39, 0.29) is 11.9 Å². The van der Waals surface area contributed by atoms with Crippen molar-refractivity contribution in [3.63, 3.8) is 0 Å². The van der Waals surface area contributed by atoms with E-state index < -0.39 is 12.0 Å². The molecular formula is C9H16O3S. The molecule has 3 nitrogen and oxygen atoms in total. The van der Waals surface area contributed by atoms with Crippen molar-refractivity contribution >= 4 is 17.7 Å². The normalized spacial score (nSPS) is 26.8. The molecule has 76 valence electrons. The zero-order valence-corrected chi connectivity index (χ0v) is 8.84. The van der Waals surface area contributed by atoms with Crippen LogP contribution in [0.3, 0.4) is 0 Å². The molecule has 4 heteroatoms. The molecule has 1 aliphatic heterocycles. The molecule has 1 saturated heterocycles. The van der Waals surface area contributed by atoms with Crippen LogP contribution in [-0.2, 0) is 9.53 Å². The molecule has 1 aliphatic rings. The van der Waals surface area contributed by atoms with Gasteiger partial charge in [-0.3, -0.25) is 4.79 Å². The fourth-order valence-corrected chi connectivity index (χ4v) is 2.86. The number of rotatable bonds is 3. The molecule has 1 heterocycles. The molecule has 0 aromatic heterocycles. The summed E-state index contributed by atoms with van der Waals surface area (Å²) >= 11 is 1.84. The lowest BCUT2D eigenvalue weighted by Crippen LogP contribution is -2.33. The van der Waals surface area contributed by atoms with E-state index in [0.717, 1.165) is 17.9 Å². The number of hydrogen-bond donors (Lipinski definition) is 1. The average Bonchev–Trinajstić information content (AvgIpc) is 2.67. The van der Waals surface area contributed by atoms with E-state index >= 15 is 0 Å². The summed E-state index contributed by atoms with van der Waals surface area (Å²) in [5, 5.41) is 9.80. The fourth-order valence-electron chi connectivity index (χ4n) is 1.56. The number of esters is 1. The van der Waals surface area contributed by atoms with Crippen molar-refractivity contribution in [3.05, 3.63) is 0 Å². The van der Waals surface area contributed by atoms with Gasteiger partial charge in [-0.2, -0.15) is 11.8 Å². The van der Waals surface area contributed by atoms with Gasteiger partial charge in [0.05, 0.1) is 19.1 Å². The largest absolute Gasteiger partial charge is 0.469 e. The summed E-state index contributed by atoms with van der Waals surface area (Å²) in [5.41, 5.74) is 0. The Labute approximate surface area is 82.8 Å². The van der Waals surface area contributed by atoms with Gasteiger partial charge in [0.2, 0.25) is 0 Å². The van der Waals surface area contributed by atoms with Crippen LogP contribution in [0.2, 0.25) is 0 Å². The third-order valence-corrected chi connectivity index (χ3v) is 3.72. The van der Waals surface area contributed by atoms with Gasteiger partial charge in [0.25, 0.3) is 0 Å². The first-order valence-corrected chi connectivity index (χ1v) is 5.66. The molecule has 13 heavy (non-hydrogen) atoms. The van der Waals surface area contributed by atoms with Gasteiger partial charge in [0.1, 0.15) is 0 Å². The molecule has 0 radical (unpaired) electrons. The van der Waals surface area contributed by atoms with E-state index in [1.165, 1.54) is 7.11 Å². The minimum Gasteiger partial charge on any atom is -0.469 e. The molecule has 0 spiro atoms. The van der Waals surface area contributed by atoms with Gasteiger partial charge in [0.15, 0.2) is 0 Å². The number of hydrogen-bond acceptors (Lipinski definition) is 4. The summed E-state index contributed by atoms with van der Waals surface area (Å²) in [6.07, 6.45) is 0.468. The number of methoxy groups -OCH3 is 1. The van der Waals surface area contributed by atoms with Crippen LogP contribution < -0.4 is 0 Å². The predicted molar refractivity (Wildman–Crippen MR) is 52.6 cm³/mol. The molecule has 0 amide bonds. The van der Waals surface area contributed by atoms with E-state index in [1.54, 1.807) is 6.92 Å². The van der Waals surface area contributed by atoms with E-state index in [0.29, 0.717) is 0 Å². The summed E-state index contributed by atoms with van der Waals surface area (Å²) in [7, 11) is 1.36. The van der Waals surface area contributed by atoms with Crippen molar-refractivity contribution in [2.75, 3.05) is 18.6 Å². The number of aliphatic hydroxyl groups is 1. The van der Waals surface area contributed by atoms with E-state index in [9.17, 15) is 9.90 Å². The Morgan fingerprint density at radius 3 is 2.85 bits per heavy atom. The first-order valence-electron chi connectivity index (χ1n) is 4.50. The molecular weight excluding hydrogens is 188 g/mol. The lowest BCUT2D eigenvalue weighted by molar-refractivity contribution is -0.149. The first-order chi connectivity index (χ1) is 6.16. The molecule has 0 aliphatic carbocycles. The summed E-state index contributed by atoms with van der Waals surface area (Å²) in [4.78, 5) is 11.1. The highest BCUT2D eigenvalue weighted by Gasteiger charge is 2.31. The standard InChI is InChI=1S/C9H16O3S/c1-6(9(11)12-2)8(10)7-3-4-13-5-7/h6-8,10H,3-5H2,1-2H3. The summed E-state index contributed by atoms with van der Waals surface area (Å²) < 4.78 is 4.59. The van der Waals surface area contributed by atoms with Crippen LogP contribution in [0.1, 0.15) is 13.3 Å². The van der Waals surface area contributed by atoms with Crippen LogP contribution in [0.4, 0.5) is 0 Å². The molecule has 3 unspecified atom stereocenters. The van der Waals surface area contributed by atoms with E-state index in [2.05, 4.69) is 4.74 Å². The quantitative estimate of drug-likeness (QED) is 0.694. The Morgan fingerprint density at radius 2 is 2.38 bits per heavy atom. The first kappa shape index (κ1) is 10.9. The maximum Gasteiger partial charge on any atom is 0.311 e. The Bertz CT molecular complexity index is 178. The molecule has 0 aromatic carbocycles. The van der Waals surface area contributed by atoms with E-state index in [1.807, 2.05) is 11.8 Å². The van der Waals surface area contributed by atoms with Gasteiger partial charge in [-0.1, -0.05) is 0 Å². The van der Waals surface area contributed by atoms with Gasteiger partial charge in [-0.05, 0) is 30.8 Å². The topological polar surface area (TPSA) is 46.5 Å². The van der Waals surface area contributed by atoms with E-state index in [4.69, 9.17) is 0 Å². The van der Waals surface area contributed by atoms with Crippen LogP contribution in [0.5, 0.6) is 0 Å². The van der Waals surface area contributed by atoms with Crippen molar-refractivity contribution in [2.24, 2.45) is 11.8 Å². The van der Waals surface area contributed by atoms with Crippen LogP contribution in [0, 0.1) is 11.8 Å². The number of ether oxygens (including phenoxy) is 1. The third kappa shape index (κ3) is 2.61. The SMILES string of the molecule is COC(=O)C(C)C(O)C1CCSC1. The Balaban J connectivity index is 2.45. The molecule has 3 atom stereocenters. The molecule has 1 N–H and O–H groups in total. The Kier molecular flexibility index (Phi) is 4.06. The maximum atomic E-state index is 11.1. The van der Waals surface area contributed by atoms with Crippen molar-refractivity contribution in [1.29, 1.82) is 0 Å². The third-order valence-electron chi connectivity index (χ3n) is 2.53. The molecule has 0 bridgehead atoms. The van der Waals surface area contributed by atoms with Crippen molar-refractivity contribution in [3.8, 4) is 0 Å². The number of carbonyl (C=O) groups excluding carboxylic acids is 1. The van der Waals surface area contributed by atoms with Gasteiger partial charge in [0, 0.05) is 0 Å². The van der Waals surface area contributed by atoms with Crippen LogP contribution in [0.25, 0.3) is 0 Å². The molecule has 1 fully saturated rings. The minimum atomic E-state index is -0.539. The highest BCUT2D eigenvalue weighted by atomic mass is 32.2. The fraction of sp³-hybridized carbons (Fsp3) is 0.889. The second-order valence-corrected chi connectivity index (χ2v) is 4.58. The molecule has 0 aromatic rings. The van der Waals surface area contributed by atoms with Crippen LogP contribution in [0.15, 0.2) is 0 Å². The summed E-state index contributed by atoms with van der Waals surface area (Å²) in [6.45, 7) is 1.72. The van der Waals surface area contributed by atoms with Gasteiger partial charge < -0.3 is 9.84 Å². The van der Waals surface area contributed by atoms with Crippen LogP contribution >= 0.6 is 11.8 Å². The average molecular weight is 204 g/mol. The van der Waals surface area contributed by atoms with Crippen molar-refractivity contribution in [2.45, 2.75) is 19.4 Å². The number of aliphatic hydroxyl groups excluding tert-OH is 1. The highest BCUT2D eigenvalue weighted by molar-refractivity contribution is 7.99. The zero-order valence-electron chi connectivity index (χ0n) is 8.03. The van der Waals surface area contributed by atoms with Crippen molar-refractivity contribution in [1.82, 2.24) is 0 Å². The number of thioether (sulfide) groups is 1. The summed E-state index contributed by atoms with van der Waals surface area (Å²) in [5.74, 6) is 1.61. The zero-order chi connectivity index (χ0) is 9.84. The maximum absolute atomic E-state index is 11.1. The lowest BCUT2D eigenvalue weighted by Gasteiger charge is -2.21. The molecule has 0 saturated carbocycles.